The van der Waals surface area contributed by atoms with Gasteiger partial charge in [-0.15, -0.1) is 0 Å². The molecule has 132 valence electrons. The Kier molecular flexibility index (Phi) is 5.44. The molecule has 0 saturated carbocycles. The van der Waals surface area contributed by atoms with E-state index in [4.69, 9.17) is 4.42 Å². The summed E-state index contributed by atoms with van der Waals surface area (Å²) in [5, 5.41) is 15.4. The Labute approximate surface area is 155 Å². The second kappa shape index (κ2) is 7.93. The van der Waals surface area contributed by atoms with E-state index in [1.165, 1.54) is 6.26 Å². The van der Waals surface area contributed by atoms with Crippen LogP contribution in [-0.4, -0.2) is 17.6 Å². The van der Waals surface area contributed by atoms with Gasteiger partial charge in [-0.1, -0.05) is 23.9 Å². The summed E-state index contributed by atoms with van der Waals surface area (Å²) < 4.78 is 5.36. The minimum atomic E-state index is -0.425. The van der Waals surface area contributed by atoms with E-state index in [1.807, 2.05) is 31.2 Å². The van der Waals surface area contributed by atoms with Gasteiger partial charge in [-0.25, -0.2) is 0 Å². The fourth-order valence-corrected chi connectivity index (χ4v) is 3.60. The summed E-state index contributed by atoms with van der Waals surface area (Å²) >= 11 is 1.14. The van der Waals surface area contributed by atoms with Crippen LogP contribution in [-0.2, 0) is 9.59 Å². The third-order valence-corrected chi connectivity index (χ3v) is 4.91. The second-order valence-corrected chi connectivity index (χ2v) is 6.87. The van der Waals surface area contributed by atoms with Gasteiger partial charge in [-0.3, -0.25) is 9.59 Å². The number of nitriles is 1. The number of hydrogen-bond donors (Lipinski definition) is 2. The van der Waals surface area contributed by atoms with Crippen LogP contribution < -0.4 is 10.6 Å². The number of anilines is 1. The molecule has 6 nitrogen and oxygen atoms in total. The van der Waals surface area contributed by atoms with Crippen molar-refractivity contribution in [1.82, 2.24) is 5.32 Å². The third-order valence-electron chi connectivity index (χ3n) is 3.89. The Morgan fingerprint density at radius 2 is 2.27 bits per heavy atom. The van der Waals surface area contributed by atoms with Crippen LogP contribution in [0, 0.1) is 18.3 Å². The lowest BCUT2D eigenvalue weighted by atomic mass is 9.92. The molecule has 1 aliphatic heterocycles. The van der Waals surface area contributed by atoms with Crippen LogP contribution in [0.25, 0.3) is 0 Å². The van der Waals surface area contributed by atoms with Crippen molar-refractivity contribution in [2.75, 3.05) is 11.1 Å². The molecule has 1 aliphatic rings. The Morgan fingerprint density at radius 3 is 2.96 bits per heavy atom. The van der Waals surface area contributed by atoms with Crippen molar-refractivity contribution in [1.29, 1.82) is 5.26 Å². The molecule has 0 fully saturated rings. The van der Waals surface area contributed by atoms with Gasteiger partial charge in [0.05, 0.1) is 34.6 Å². The van der Waals surface area contributed by atoms with E-state index >= 15 is 0 Å². The minimum absolute atomic E-state index is 0.0829. The van der Waals surface area contributed by atoms with Crippen LogP contribution in [0.1, 0.15) is 23.7 Å². The number of thioether (sulfide) groups is 1. The van der Waals surface area contributed by atoms with Gasteiger partial charge >= 0.3 is 0 Å². The molecule has 2 heterocycles. The first-order valence-corrected chi connectivity index (χ1v) is 9.02. The van der Waals surface area contributed by atoms with Gasteiger partial charge in [-0.05, 0) is 36.8 Å². The van der Waals surface area contributed by atoms with E-state index in [0.717, 1.165) is 17.3 Å². The lowest BCUT2D eigenvalue weighted by Crippen LogP contribution is -2.31. The molecule has 0 aliphatic carbocycles. The Bertz CT molecular complexity index is 897. The summed E-state index contributed by atoms with van der Waals surface area (Å²) in [6.07, 6.45) is 1.66. The maximum atomic E-state index is 12.2. The van der Waals surface area contributed by atoms with Gasteiger partial charge in [0.25, 0.3) is 0 Å². The van der Waals surface area contributed by atoms with Crippen LogP contribution in [0.5, 0.6) is 0 Å². The lowest BCUT2D eigenvalue weighted by Gasteiger charge is -2.23. The molecular weight excluding hydrogens is 350 g/mol. The highest BCUT2D eigenvalue weighted by Crippen LogP contribution is 2.36. The van der Waals surface area contributed by atoms with Gasteiger partial charge in [0.1, 0.15) is 5.76 Å². The van der Waals surface area contributed by atoms with E-state index in [1.54, 1.807) is 12.1 Å². The number of carbonyl (C=O) groups excluding carboxylic acids is 2. The quantitative estimate of drug-likeness (QED) is 0.845. The highest BCUT2D eigenvalue weighted by atomic mass is 32.2. The molecule has 1 aromatic carbocycles. The summed E-state index contributed by atoms with van der Waals surface area (Å²) in [6.45, 7) is 1.95. The van der Waals surface area contributed by atoms with Crippen molar-refractivity contribution in [3.05, 3.63) is 64.6 Å². The minimum Gasteiger partial charge on any atom is -0.469 e. The first-order chi connectivity index (χ1) is 12.6. The SMILES string of the molecule is Cc1cccc(NC(=O)CSC2=C(C#N)C(c3ccco3)CC(=O)N2)c1. The summed E-state index contributed by atoms with van der Waals surface area (Å²) in [4.78, 5) is 24.2. The van der Waals surface area contributed by atoms with Crippen LogP contribution in [0.4, 0.5) is 5.69 Å². The molecule has 0 bridgehead atoms. The molecule has 0 spiro atoms. The number of benzene rings is 1. The predicted molar refractivity (Wildman–Crippen MR) is 99.1 cm³/mol. The van der Waals surface area contributed by atoms with Gasteiger partial charge in [0.2, 0.25) is 11.8 Å². The molecule has 26 heavy (non-hydrogen) atoms. The van der Waals surface area contributed by atoms with Gasteiger partial charge < -0.3 is 15.1 Å². The van der Waals surface area contributed by atoms with E-state index in [9.17, 15) is 14.9 Å². The number of hydrogen-bond acceptors (Lipinski definition) is 5. The van der Waals surface area contributed by atoms with Crippen LogP contribution in [0.2, 0.25) is 0 Å². The molecule has 1 unspecified atom stereocenters. The Hall–Kier alpha value is -2.98. The predicted octanol–water partition coefficient (Wildman–Crippen LogP) is 3.30. The number of carbonyl (C=O) groups is 2. The summed E-state index contributed by atoms with van der Waals surface area (Å²) in [5.74, 6) is -0.184. The number of rotatable bonds is 5. The van der Waals surface area contributed by atoms with Crippen LogP contribution >= 0.6 is 11.8 Å². The molecule has 0 saturated heterocycles. The van der Waals surface area contributed by atoms with Crippen molar-refractivity contribution in [2.45, 2.75) is 19.3 Å². The fraction of sp³-hybridized carbons (Fsp3) is 0.211. The van der Waals surface area contributed by atoms with Crippen molar-refractivity contribution in [3.63, 3.8) is 0 Å². The summed E-state index contributed by atoms with van der Waals surface area (Å²) in [5.41, 5.74) is 2.17. The van der Waals surface area contributed by atoms with E-state index in [0.29, 0.717) is 22.0 Å². The summed E-state index contributed by atoms with van der Waals surface area (Å²) in [6, 6.07) is 13.1. The fourth-order valence-electron chi connectivity index (χ4n) is 2.72. The monoisotopic (exact) mass is 367 g/mol. The third kappa shape index (κ3) is 4.16. The smallest absolute Gasteiger partial charge is 0.234 e. The molecule has 2 amide bonds. The zero-order valence-corrected chi connectivity index (χ0v) is 14.9. The van der Waals surface area contributed by atoms with Gasteiger partial charge in [0, 0.05) is 12.1 Å². The highest BCUT2D eigenvalue weighted by Gasteiger charge is 2.31. The Balaban J connectivity index is 1.71. The topological polar surface area (TPSA) is 95.1 Å². The van der Waals surface area contributed by atoms with Crippen LogP contribution in [0.15, 0.2) is 57.7 Å². The molecule has 3 rings (SSSR count). The van der Waals surface area contributed by atoms with Crippen molar-refractivity contribution in [2.24, 2.45) is 0 Å². The standard InChI is InChI=1S/C19H17N3O3S/c1-12-4-2-5-13(8-12)21-18(24)11-26-19-15(10-20)14(9-17(23)22-19)16-6-3-7-25-16/h2-8,14H,9,11H2,1H3,(H,21,24)(H,22,23). The van der Waals surface area contributed by atoms with Gasteiger partial charge in [-0.2, -0.15) is 5.26 Å². The first-order valence-electron chi connectivity index (χ1n) is 8.03. The largest absolute Gasteiger partial charge is 0.469 e. The highest BCUT2D eigenvalue weighted by molar-refractivity contribution is 8.03. The molecular formula is C19H17N3O3S. The first kappa shape index (κ1) is 17.8. The number of allylic oxidation sites excluding steroid dienone is 1. The number of aryl methyl sites for hydroxylation is 1. The van der Waals surface area contributed by atoms with E-state index in [-0.39, 0.29) is 24.0 Å². The van der Waals surface area contributed by atoms with Crippen molar-refractivity contribution >= 4 is 29.3 Å². The molecule has 2 N–H and O–H groups in total. The van der Waals surface area contributed by atoms with Crippen LogP contribution in [0.3, 0.4) is 0 Å². The number of nitrogens with one attached hydrogen (secondary N) is 2. The maximum Gasteiger partial charge on any atom is 0.234 e. The van der Waals surface area contributed by atoms with Crippen molar-refractivity contribution in [3.8, 4) is 6.07 Å². The van der Waals surface area contributed by atoms with E-state index < -0.39 is 5.92 Å². The molecule has 2 aromatic rings. The Morgan fingerprint density at radius 1 is 1.42 bits per heavy atom. The lowest BCUT2D eigenvalue weighted by molar-refractivity contribution is -0.121. The van der Waals surface area contributed by atoms with E-state index in [2.05, 4.69) is 16.7 Å². The normalized spacial score (nSPS) is 16.8. The van der Waals surface area contributed by atoms with Gasteiger partial charge in [0.15, 0.2) is 0 Å². The second-order valence-electron chi connectivity index (χ2n) is 5.88. The molecule has 7 heteroatoms. The number of amides is 2. The summed E-state index contributed by atoms with van der Waals surface area (Å²) in [7, 11) is 0. The molecule has 1 aromatic heterocycles. The zero-order valence-electron chi connectivity index (χ0n) is 14.1. The average molecular weight is 367 g/mol. The maximum absolute atomic E-state index is 12.2. The van der Waals surface area contributed by atoms with Crippen molar-refractivity contribution < 1.29 is 14.0 Å². The molecule has 0 radical (unpaired) electrons. The average Bonchev–Trinajstić information content (AvgIpc) is 3.14. The number of furan rings is 1. The zero-order chi connectivity index (χ0) is 18.5. The number of nitrogens with zero attached hydrogens (tertiary/aromatic N) is 1. The molecule has 1 atom stereocenters.